The molecule has 0 fully saturated rings. The summed E-state index contributed by atoms with van der Waals surface area (Å²) in [4.78, 5) is 4.43. The van der Waals surface area contributed by atoms with Crippen molar-refractivity contribution in [2.45, 2.75) is 6.54 Å². The van der Waals surface area contributed by atoms with Crippen molar-refractivity contribution < 1.29 is 0 Å². The lowest BCUT2D eigenvalue weighted by Crippen LogP contribution is -2.28. The van der Waals surface area contributed by atoms with Crippen molar-refractivity contribution >= 4 is 5.84 Å². The summed E-state index contributed by atoms with van der Waals surface area (Å²) in [6, 6.07) is 7.87. The van der Waals surface area contributed by atoms with E-state index in [1.165, 1.54) is 5.56 Å². The average Bonchev–Trinajstić information content (AvgIpc) is 2.26. The van der Waals surface area contributed by atoms with Crippen LogP contribution in [0.15, 0.2) is 24.3 Å². The second-order valence-corrected chi connectivity index (χ2v) is 4.66. The van der Waals surface area contributed by atoms with Gasteiger partial charge in [0.1, 0.15) is 5.84 Å². The molecule has 0 saturated heterocycles. The monoisotopic (exact) mass is 234 g/mol. The number of likely N-dealkylation sites (N-methyl/N-ethyl adjacent to an activating group) is 2. The van der Waals surface area contributed by atoms with Gasteiger partial charge >= 0.3 is 0 Å². The van der Waals surface area contributed by atoms with Crippen molar-refractivity contribution in [3.05, 3.63) is 35.4 Å². The Bertz CT molecular complexity index is 373. The number of nitrogens with zero attached hydrogens (tertiary/aromatic N) is 2. The van der Waals surface area contributed by atoms with Gasteiger partial charge in [-0.05, 0) is 32.8 Å². The standard InChI is InChI=1S/C13H22N4/c1-16(2)7-8-17(3)10-11-5-4-6-12(9-11)13(14)15/h4-6,9H,7-8,10H2,1-3H3,(H3,14,15). The lowest BCUT2D eigenvalue weighted by Gasteiger charge is -2.19. The van der Waals surface area contributed by atoms with Crippen LogP contribution in [0.4, 0.5) is 0 Å². The molecule has 1 aromatic rings. The third-order valence-electron chi connectivity index (χ3n) is 2.62. The molecule has 0 radical (unpaired) electrons. The van der Waals surface area contributed by atoms with Crippen LogP contribution >= 0.6 is 0 Å². The number of rotatable bonds is 6. The van der Waals surface area contributed by atoms with E-state index in [4.69, 9.17) is 11.1 Å². The molecule has 0 saturated carbocycles. The van der Waals surface area contributed by atoms with E-state index >= 15 is 0 Å². The lowest BCUT2D eigenvalue weighted by molar-refractivity contribution is 0.276. The summed E-state index contributed by atoms with van der Waals surface area (Å²) in [5, 5.41) is 7.41. The number of hydrogen-bond acceptors (Lipinski definition) is 3. The molecule has 94 valence electrons. The van der Waals surface area contributed by atoms with Crippen molar-refractivity contribution in [3.63, 3.8) is 0 Å². The van der Waals surface area contributed by atoms with E-state index in [1.54, 1.807) is 0 Å². The van der Waals surface area contributed by atoms with Gasteiger partial charge in [0.15, 0.2) is 0 Å². The number of nitrogens with two attached hydrogens (primary N) is 1. The average molecular weight is 234 g/mol. The SMILES string of the molecule is CN(C)CCN(C)Cc1cccc(C(=N)N)c1. The van der Waals surface area contributed by atoms with E-state index < -0.39 is 0 Å². The molecule has 0 spiro atoms. The smallest absolute Gasteiger partial charge is 0.122 e. The normalized spacial score (nSPS) is 11.1. The van der Waals surface area contributed by atoms with Gasteiger partial charge in [-0.3, -0.25) is 5.41 Å². The molecule has 0 amide bonds. The predicted molar refractivity (Wildman–Crippen MR) is 72.3 cm³/mol. The van der Waals surface area contributed by atoms with Crippen molar-refractivity contribution in [1.29, 1.82) is 5.41 Å². The fourth-order valence-electron chi connectivity index (χ4n) is 1.60. The van der Waals surface area contributed by atoms with Crippen LogP contribution in [0, 0.1) is 5.41 Å². The highest BCUT2D eigenvalue weighted by atomic mass is 15.1. The summed E-state index contributed by atoms with van der Waals surface area (Å²) in [6.45, 7) is 2.95. The van der Waals surface area contributed by atoms with Gasteiger partial charge in [-0.2, -0.15) is 0 Å². The minimum absolute atomic E-state index is 0.128. The molecule has 0 bridgehead atoms. The highest BCUT2D eigenvalue weighted by Crippen LogP contribution is 2.07. The summed E-state index contributed by atoms with van der Waals surface area (Å²) < 4.78 is 0. The first-order valence-corrected chi connectivity index (χ1v) is 5.75. The number of nitrogen functional groups attached to an aromatic ring is 1. The van der Waals surface area contributed by atoms with Gasteiger partial charge in [0, 0.05) is 25.2 Å². The highest BCUT2D eigenvalue weighted by Gasteiger charge is 2.03. The maximum absolute atomic E-state index is 7.41. The molecule has 0 atom stereocenters. The van der Waals surface area contributed by atoms with Gasteiger partial charge in [0.25, 0.3) is 0 Å². The van der Waals surface area contributed by atoms with Gasteiger partial charge in [-0.1, -0.05) is 18.2 Å². The summed E-state index contributed by atoms with van der Waals surface area (Å²) in [5.41, 5.74) is 7.46. The summed E-state index contributed by atoms with van der Waals surface area (Å²) in [7, 11) is 6.25. The maximum Gasteiger partial charge on any atom is 0.122 e. The van der Waals surface area contributed by atoms with Gasteiger partial charge in [0.05, 0.1) is 0 Å². The zero-order valence-electron chi connectivity index (χ0n) is 10.9. The van der Waals surface area contributed by atoms with Gasteiger partial charge in [-0.15, -0.1) is 0 Å². The molecule has 0 aliphatic rings. The third kappa shape index (κ3) is 4.97. The Labute approximate surface area is 104 Å². The van der Waals surface area contributed by atoms with Crippen molar-refractivity contribution in [2.75, 3.05) is 34.2 Å². The van der Waals surface area contributed by atoms with Crippen molar-refractivity contribution in [2.24, 2.45) is 5.73 Å². The Morgan fingerprint density at radius 1 is 1.24 bits per heavy atom. The second-order valence-electron chi connectivity index (χ2n) is 4.66. The van der Waals surface area contributed by atoms with Crippen LogP contribution in [-0.4, -0.2) is 49.9 Å². The second kappa shape index (κ2) is 6.37. The van der Waals surface area contributed by atoms with Crippen LogP contribution in [0.25, 0.3) is 0 Å². The van der Waals surface area contributed by atoms with E-state index in [-0.39, 0.29) is 5.84 Å². The molecule has 0 aromatic heterocycles. The molecule has 0 aliphatic carbocycles. The van der Waals surface area contributed by atoms with E-state index in [0.717, 1.165) is 25.2 Å². The maximum atomic E-state index is 7.41. The van der Waals surface area contributed by atoms with Gasteiger partial charge in [-0.25, -0.2) is 0 Å². The molecule has 0 heterocycles. The van der Waals surface area contributed by atoms with Crippen molar-refractivity contribution in [3.8, 4) is 0 Å². The lowest BCUT2D eigenvalue weighted by atomic mass is 10.1. The Balaban J connectivity index is 2.56. The Morgan fingerprint density at radius 3 is 2.53 bits per heavy atom. The van der Waals surface area contributed by atoms with Crippen molar-refractivity contribution in [1.82, 2.24) is 9.80 Å². The molecule has 1 aromatic carbocycles. The molecule has 4 nitrogen and oxygen atoms in total. The molecule has 0 unspecified atom stereocenters. The van der Waals surface area contributed by atoms with E-state index in [9.17, 15) is 0 Å². The number of hydrogen-bond donors (Lipinski definition) is 2. The van der Waals surface area contributed by atoms with Crippen LogP contribution in [0.2, 0.25) is 0 Å². The topological polar surface area (TPSA) is 56.4 Å². The number of benzene rings is 1. The summed E-state index contributed by atoms with van der Waals surface area (Å²) in [5.74, 6) is 0.128. The Hall–Kier alpha value is -1.39. The first-order chi connectivity index (χ1) is 7.99. The van der Waals surface area contributed by atoms with Crippen LogP contribution in [0.3, 0.4) is 0 Å². The van der Waals surface area contributed by atoms with Gasteiger partial charge < -0.3 is 15.5 Å². The van der Waals surface area contributed by atoms with E-state index in [2.05, 4.69) is 37.0 Å². The number of nitrogens with one attached hydrogen (secondary N) is 1. The number of amidine groups is 1. The quantitative estimate of drug-likeness (QED) is 0.569. The fourth-order valence-corrected chi connectivity index (χ4v) is 1.60. The molecule has 17 heavy (non-hydrogen) atoms. The van der Waals surface area contributed by atoms with Crippen LogP contribution in [0.5, 0.6) is 0 Å². The Kier molecular flexibility index (Phi) is 5.12. The zero-order chi connectivity index (χ0) is 12.8. The minimum atomic E-state index is 0.128. The fraction of sp³-hybridized carbons (Fsp3) is 0.462. The molecule has 1 rings (SSSR count). The first kappa shape index (κ1) is 13.7. The van der Waals surface area contributed by atoms with Gasteiger partial charge in [0.2, 0.25) is 0 Å². The van der Waals surface area contributed by atoms with E-state index in [1.807, 2.05) is 18.2 Å². The largest absolute Gasteiger partial charge is 0.384 e. The zero-order valence-corrected chi connectivity index (χ0v) is 10.9. The van der Waals surface area contributed by atoms with Crippen LogP contribution < -0.4 is 5.73 Å². The molecule has 4 heteroatoms. The molecule has 0 aliphatic heterocycles. The highest BCUT2D eigenvalue weighted by molar-refractivity contribution is 5.95. The Morgan fingerprint density at radius 2 is 1.94 bits per heavy atom. The first-order valence-electron chi connectivity index (χ1n) is 5.75. The summed E-state index contributed by atoms with van der Waals surface area (Å²) >= 11 is 0. The molecule has 3 N–H and O–H groups in total. The minimum Gasteiger partial charge on any atom is -0.384 e. The predicted octanol–water partition coefficient (Wildman–Crippen LogP) is 0.964. The van der Waals surface area contributed by atoms with E-state index in [0.29, 0.717) is 0 Å². The van der Waals surface area contributed by atoms with Crippen LogP contribution in [0.1, 0.15) is 11.1 Å². The molecular formula is C13H22N4. The van der Waals surface area contributed by atoms with Crippen LogP contribution in [-0.2, 0) is 6.54 Å². The third-order valence-corrected chi connectivity index (χ3v) is 2.62. The molecular weight excluding hydrogens is 212 g/mol. The summed E-state index contributed by atoms with van der Waals surface area (Å²) in [6.07, 6.45) is 0.